The van der Waals surface area contributed by atoms with Crippen molar-refractivity contribution in [3.63, 3.8) is 0 Å². The summed E-state index contributed by atoms with van der Waals surface area (Å²) >= 11 is 3.61. The van der Waals surface area contributed by atoms with E-state index in [1.807, 2.05) is 11.8 Å². The normalized spacial score (nSPS) is 12.0. The fourth-order valence-electron chi connectivity index (χ4n) is 0.996. The molecule has 0 aliphatic rings. The fraction of sp³-hybridized carbons (Fsp3) is 0.700. The monoisotopic (exact) mass is 230 g/mol. The van der Waals surface area contributed by atoms with Gasteiger partial charge < -0.3 is 5.73 Å². The third kappa shape index (κ3) is 4.44. The molecule has 0 fully saturated rings. The molecule has 0 unspecified atom stereocenters. The molecule has 0 aromatic carbocycles. The number of aryl methyl sites for hydroxylation is 1. The van der Waals surface area contributed by atoms with Crippen LogP contribution in [0.2, 0.25) is 0 Å². The molecule has 0 aliphatic heterocycles. The van der Waals surface area contributed by atoms with E-state index in [0.717, 1.165) is 17.9 Å². The van der Waals surface area contributed by atoms with Gasteiger partial charge in [-0.2, -0.15) is 11.8 Å². The van der Waals surface area contributed by atoms with Gasteiger partial charge in [-0.25, -0.2) is 4.98 Å². The van der Waals surface area contributed by atoms with E-state index < -0.39 is 0 Å². The predicted molar refractivity (Wildman–Crippen MR) is 65.9 cm³/mol. The maximum atomic E-state index is 5.89. The summed E-state index contributed by atoms with van der Waals surface area (Å²) in [5, 5.41) is 3.38. The zero-order chi connectivity index (χ0) is 10.6. The standard InChI is InChI=1S/C10H18N2S2/c1-4-9-12-8(6-14-9)5-13-7-10(2,3)11/h6H,4-5,7,11H2,1-3H3. The first kappa shape index (κ1) is 12.0. The Bertz CT molecular complexity index is 276. The van der Waals surface area contributed by atoms with E-state index in [4.69, 9.17) is 5.73 Å². The minimum atomic E-state index is -0.0751. The van der Waals surface area contributed by atoms with E-state index >= 15 is 0 Å². The second kappa shape index (κ2) is 5.14. The van der Waals surface area contributed by atoms with Crippen LogP contribution < -0.4 is 5.73 Å². The number of nitrogens with zero attached hydrogens (tertiary/aromatic N) is 1. The van der Waals surface area contributed by atoms with Crippen molar-refractivity contribution in [3.05, 3.63) is 16.1 Å². The highest BCUT2D eigenvalue weighted by atomic mass is 32.2. The van der Waals surface area contributed by atoms with Crippen LogP contribution in [0.3, 0.4) is 0 Å². The quantitative estimate of drug-likeness (QED) is 0.845. The Morgan fingerprint density at radius 1 is 1.57 bits per heavy atom. The highest BCUT2D eigenvalue weighted by Crippen LogP contribution is 2.18. The van der Waals surface area contributed by atoms with Gasteiger partial charge in [0.1, 0.15) is 0 Å². The number of rotatable bonds is 5. The van der Waals surface area contributed by atoms with E-state index in [9.17, 15) is 0 Å². The fourth-order valence-corrected chi connectivity index (χ4v) is 2.83. The molecular weight excluding hydrogens is 212 g/mol. The lowest BCUT2D eigenvalue weighted by molar-refractivity contribution is 0.591. The molecule has 4 heteroatoms. The van der Waals surface area contributed by atoms with Crippen LogP contribution in [0.1, 0.15) is 31.5 Å². The molecule has 1 rings (SSSR count). The summed E-state index contributed by atoms with van der Waals surface area (Å²) in [7, 11) is 0. The molecule has 1 aromatic heterocycles. The second-order valence-corrected chi connectivity index (χ2v) is 6.00. The van der Waals surface area contributed by atoms with Gasteiger partial charge in [0, 0.05) is 22.4 Å². The van der Waals surface area contributed by atoms with Crippen LogP contribution in [0.25, 0.3) is 0 Å². The molecule has 0 saturated heterocycles. The molecular formula is C10H18N2S2. The van der Waals surface area contributed by atoms with Gasteiger partial charge in [0.05, 0.1) is 10.7 Å². The van der Waals surface area contributed by atoms with Gasteiger partial charge >= 0.3 is 0 Å². The number of hydrogen-bond acceptors (Lipinski definition) is 4. The van der Waals surface area contributed by atoms with Crippen molar-refractivity contribution in [2.45, 2.75) is 38.5 Å². The lowest BCUT2D eigenvalue weighted by Gasteiger charge is -2.16. The van der Waals surface area contributed by atoms with Crippen LogP contribution >= 0.6 is 23.1 Å². The number of thioether (sulfide) groups is 1. The smallest absolute Gasteiger partial charge is 0.0925 e. The minimum absolute atomic E-state index is 0.0751. The van der Waals surface area contributed by atoms with Crippen LogP contribution in [0, 0.1) is 0 Å². The van der Waals surface area contributed by atoms with Crippen molar-refractivity contribution in [2.24, 2.45) is 5.73 Å². The van der Waals surface area contributed by atoms with Crippen molar-refractivity contribution >= 4 is 23.1 Å². The first-order valence-electron chi connectivity index (χ1n) is 4.81. The van der Waals surface area contributed by atoms with Gasteiger partial charge in [0.15, 0.2) is 0 Å². The Hall–Kier alpha value is -0.0600. The summed E-state index contributed by atoms with van der Waals surface area (Å²) in [5.74, 6) is 1.96. The third-order valence-electron chi connectivity index (χ3n) is 1.63. The Labute approximate surface area is 94.3 Å². The molecule has 0 bridgehead atoms. The molecule has 80 valence electrons. The Morgan fingerprint density at radius 3 is 2.79 bits per heavy atom. The first-order chi connectivity index (χ1) is 6.51. The van der Waals surface area contributed by atoms with Crippen LogP contribution in [-0.4, -0.2) is 16.3 Å². The zero-order valence-corrected chi connectivity index (χ0v) is 10.7. The van der Waals surface area contributed by atoms with Gasteiger partial charge in [-0.1, -0.05) is 6.92 Å². The van der Waals surface area contributed by atoms with Gasteiger partial charge in [-0.15, -0.1) is 11.3 Å². The Balaban J connectivity index is 2.31. The lowest BCUT2D eigenvalue weighted by Crippen LogP contribution is -2.34. The van der Waals surface area contributed by atoms with Crippen molar-refractivity contribution in [2.75, 3.05) is 5.75 Å². The molecule has 0 saturated carbocycles. The van der Waals surface area contributed by atoms with Crippen LogP contribution in [0.4, 0.5) is 0 Å². The number of thiazole rings is 1. The molecule has 0 radical (unpaired) electrons. The summed E-state index contributed by atoms with van der Waals surface area (Å²) in [6, 6.07) is 0. The average molecular weight is 230 g/mol. The van der Waals surface area contributed by atoms with Gasteiger partial charge in [0.25, 0.3) is 0 Å². The molecule has 2 N–H and O–H groups in total. The van der Waals surface area contributed by atoms with Crippen molar-refractivity contribution < 1.29 is 0 Å². The SMILES string of the molecule is CCc1nc(CSCC(C)(C)N)cs1. The van der Waals surface area contributed by atoms with Crippen molar-refractivity contribution in [3.8, 4) is 0 Å². The highest BCUT2D eigenvalue weighted by Gasteiger charge is 2.10. The number of aromatic nitrogens is 1. The topological polar surface area (TPSA) is 38.9 Å². The maximum absolute atomic E-state index is 5.89. The number of hydrogen-bond donors (Lipinski definition) is 1. The van der Waals surface area contributed by atoms with E-state index in [-0.39, 0.29) is 5.54 Å². The van der Waals surface area contributed by atoms with E-state index in [1.54, 1.807) is 11.3 Å². The van der Waals surface area contributed by atoms with E-state index in [2.05, 4.69) is 31.1 Å². The molecule has 1 heterocycles. The molecule has 14 heavy (non-hydrogen) atoms. The van der Waals surface area contributed by atoms with Crippen LogP contribution in [0.15, 0.2) is 5.38 Å². The summed E-state index contributed by atoms with van der Waals surface area (Å²) < 4.78 is 0. The van der Waals surface area contributed by atoms with E-state index in [0.29, 0.717) is 0 Å². The second-order valence-electron chi connectivity index (χ2n) is 4.07. The summed E-state index contributed by atoms with van der Waals surface area (Å²) in [6.07, 6.45) is 1.04. The Kier molecular flexibility index (Phi) is 4.41. The molecule has 1 aromatic rings. The summed E-state index contributed by atoms with van der Waals surface area (Å²) in [5.41, 5.74) is 7.01. The molecule has 0 spiro atoms. The minimum Gasteiger partial charge on any atom is -0.325 e. The number of nitrogens with two attached hydrogens (primary N) is 1. The molecule has 0 atom stereocenters. The van der Waals surface area contributed by atoms with Gasteiger partial charge in [-0.3, -0.25) is 0 Å². The molecule has 0 aliphatic carbocycles. The van der Waals surface area contributed by atoms with Crippen LogP contribution in [-0.2, 0) is 12.2 Å². The molecule has 0 amide bonds. The predicted octanol–water partition coefficient (Wildman–Crippen LogP) is 2.68. The summed E-state index contributed by atoms with van der Waals surface area (Å²) in [6.45, 7) is 6.25. The first-order valence-corrected chi connectivity index (χ1v) is 6.84. The third-order valence-corrected chi connectivity index (χ3v) is 4.12. The van der Waals surface area contributed by atoms with Crippen LogP contribution in [0.5, 0.6) is 0 Å². The zero-order valence-electron chi connectivity index (χ0n) is 9.04. The van der Waals surface area contributed by atoms with Gasteiger partial charge in [0.2, 0.25) is 0 Å². The summed E-state index contributed by atoms with van der Waals surface area (Å²) in [4.78, 5) is 4.51. The lowest BCUT2D eigenvalue weighted by atomic mass is 10.1. The maximum Gasteiger partial charge on any atom is 0.0925 e. The molecule has 2 nitrogen and oxygen atoms in total. The van der Waals surface area contributed by atoms with Crippen molar-refractivity contribution in [1.82, 2.24) is 4.98 Å². The van der Waals surface area contributed by atoms with Crippen molar-refractivity contribution in [1.29, 1.82) is 0 Å². The Morgan fingerprint density at radius 2 is 2.29 bits per heavy atom. The van der Waals surface area contributed by atoms with Gasteiger partial charge in [-0.05, 0) is 20.3 Å². The highest BCUT2D eigenvalue weighted by molar-refractivity contribution is 7.98. The average Bonchev–Trinajstić information content (AvgIpc) is 2.50. The van der Waals surface area contributed by atoms with E-state index in [1.165, 1.54) is 10.7 Å². The largest absolute Gasteiger partial charge is 0.325 e.